The molecule has 6 heteroatoms. The summed E-state index contributed by atoms with van der Waals surface area (Å²) < 4.78 is 38.2. The van der Waals surface area contributed by atoms with Crippen molar-refractivity contribution < 1.29 is 18.0 Å². The van der Waals surface area contributed by atoms with Crippen LogP contribution in [0.25, 0.3) is 0 Å². The minimum atomic E-state index is -4.48. The summed E-state index contributed by atoms with van der Waals surface area (Å²) in [6.07, 6.45) is -2.90. The molecule has 0 saturated heterocycles. The van der Waals surface area contributed by atoms with Crippen molar-refractivity contribution in [3.63, 3.8) is 0 Å². The molecule has 1 saturated carbocycles. The number of hydrogen-bond acceptors (Lipinski definition) is 2. The molecule has 1 aliphatic carbocycles. The molecule has 0 aromatic carbocycles. The number of rotatable bonds is 2. The Balaban J connectivity index is 2.44. The molecule has 0 unspecified atom stereocenters. The second kappa shape index (κ2) is 3.08. The molecule has 82 valence electrons. The summed E-state index contributed by atoms with van der Waals surface area (Å²) in [6, 6.07) is 0.792. The number of aromatic nitrogens is 2. The first-order valence-electron chi connectivity index (χ1n) is 4.57. The Hall–Kier alpha value is -1.33. The van der Waals surface area contributed by atoms with Crippen LogP contribution >= 0.6 is 0 Å². The molecule has 0 bridgehead atoms. The van der Waals surface area contributed by atoms with Gasteiger partial charge >= 0.3 is 6.18 Å². The molecular weight excluding hydrogens is 209 g/mol. The maximum atomic E-state index is 12.3. The maximum absolute atomic E-state index is 12.3. The topological polar surface area (TPSA) is 34.9 Å². The Kier molecular flexibility index (Phi) is 2.09. The number of hydrogen-bond donors (Lipinski definition) is 0. The summed E-state index contributed by atoms with van der Waals surface area (Å²) in [5, 5.41) is 3.44. The summed E-state index contributed by atoms with van der Waals surface area (Å²) in [6.45, 7) is 1.25. The molecule has 0 aliphatic heterocycles. The highest BCUT2D eigenvalue weighted by Gasteiger charge is 2.38. The summed E-state index contributed by atoms with van der Waals surface area (Å²) in [5.41, 5.74) is -0.940. The lowest BCUT2D eigenvalue weighted by molar-refractivity contribution is -0.141. The smallest absolute Gasteiger partial charge is 0.293 e. The van der Waals surface area contributed by atoms with E-state index in [0.717, 1.165) is 18.9 Å². The van der Waals surface area contributed by atoms with Crippen LogP contribution < -0.4 is 0 Å². The molecule has 0 atom stereocenters. The summed E-state index contributed by atoms with van der Waals surface area (Å²) in [4.78, 5) is 11.1. The summed E-state index contributed by atoms with van der Waals surface area (Å²) >= 11 is 0. The lowest BCUT2D eigenvalue weighted by Gasteiger charge is -2.01. The van der Waals surface area contributed by atoms with Crippen molar-refractivity contribution in [2.24, 2.45) is 0 Å². The van der Waals surface area contributed by atoms with Crippen molar-refractivity contribution in [3.05, 3.63) is 17.5 Å². The number of alkyl halides is 3. The van der Waals surface area contributed by atoms with Crippen LogP contribution in [-0.4, -0.2) is 15.6 Å². The zero-order chi connectivity index (χ0) is 11.2. The van der Waals surface area contributed by atoms with E-state index < -0.39 is 11.9 Å². The van der Waals surface area contributed by atoms with Crippen molar-refractivity contribution >= 4 is 5.78 Å². The lowest BCUT2D eigenvalue weighted by Crippen LogP contribution is -2.08. The fourth-order valence-corrected chi connectivity index (χ4v) is 1.39. The largest absolute Gasteiger partial charge is 0.435 e. The minimum Gasteiger partial charge on any atom is -0.293 e. The van der Waals surface area contributed by atoms with Crippen molar-refractivity contribution in [1.82, 2.24) is 9.78 Å². The van der Waals surface area contributed by atoms with Gasteiger partial charge in [-0.2, -0.15) is 18.3 Å². The third kappa shape index (κ3) is 1.88. The van der Waals surface area contributed by atoms with Crippen molar-refractivity contribution in [2.45, 2.75) is 32.0 Å². The molecule has 1 aliphatic rings. The summed E-state index contributed by atoms with van der Waals surface area (Å²) in [5.74, 6) is -0.384. The molecule has 0 spiro atoms. The standard InChI is InChI=1S/C9H9F3N2O/c1-5(15)7-4-8(9(10,11)12)13-14(7)6-2-3-6/h4,6H,2-3H2,1H3. The Morgan fingerprint density at radius 3 is 2.53 bits per heavy atom. The van der Waals surface area contributed by atoms with Gasteiger partial charge in [0.1, 0.15) is 5.69 Å². The van der Waals surface area contributed by atoms with E-state index in [1.165, 1.54) is 11.6 Å². The van der Waals surface area contributed by atoms with Gasteiger partial charge in [0.2, 0.25) is 0 Å². The van der Waals surface area contributed by atoms with Crippen LogP contribution in [0.3, 0.4) is 0 Å². The molecule has 1 fully saturated rings. The molecule has 3 nitrogen and oxygen atoms in total. The predicted molar refractivity (Wildman–Crippen MR) is 45.5 cm³/mol. The fourth-order valence-electron chi connectivity index (χ4n) is 1.39. The zero-order valence-corrected chi connectivity index (χ0v) is 8.01. The van der Waals surface area contributed by atoms with Gasteiger partial charge in [0, 0.05) is 6.92 Å². The summed E-state index contributed by atoms with van der Waals surface area (Å²) in [7, 11) is 0. The van der Waals surface area contributed by atoms with Gasteiger partial charge < -0.3 is 0 Å². The van der Waals surface area contributed by atoms with Crippen LogP contribution in [0.4, 0.5) is 13.2 Å². The molecule has 0 N–H and O–H groups in total. The van der Waals surface area contributed by atoms with Gasteiger partial charge in [-0.25, -0.2) is 0 Å². The van der Waals surface area contributed by atoms with Crippen molar-refractivity contribution in [3.8, 4) is 0 Å². The third-order valence-corrected chi connectivity index (χ3v) is 2.28. The SMILES string of the molecule is CC(=O)c1cc(C(F)(F)F)nn1C1CC1. The quantitative estimate of drug-likeness (QED) is 0.714. The lowest BCUT2D eigenvalue weighted by atomic mass is 10.3. The first-order valence-corrected chi connectivity index (χ1v) is 4.57. The Bertz CT molecular complexity index is 404. The number of halogens is 3. The van der Waals surface area contributed by atoms with Gasteiger partial charge in [-0.3, -0.25) is 9.48 Å². The van der Waals surface area contributed by atoms with E-state index >= 15 is 0 Å². The van der Waals surface area contributed by atoms with E-state index in [9.17, 15) is 18.0 Å². The number of nitrogens with zero attached hydrogens (tertiary/aromatic N) is 2. The van der Waals surface area contributed by atoms with Gasteiger partial charge in [0.25, 0.3) is 0 Å². The molecule has 1 aromatic rings. The van der Waals surface area contributed by atoms with Crippen molar-refractivity contribution in [2.75, 3.05) is 0 Å². The van der Waals surface area contributed by atoms with Crippen LogP contribution in [0.15, 0.2) is 6.07 Å². The van der Waals surface area contributed by atoms with E-state index in [0.29, 0.717) is 0 Å². The highest BCUT2D eigenvalue weighted by atomic mass is 19.4. The molecule has 1 heterocycles. The van der Waals surface area contributed by atoms with Crippen LogP contribution in [0.2, 0.25) is 0 Å². The maximum Gasteiger partial charge on any atom is 0.435 e. The van der Waals surface area contributed by atoms with Gasteiger partial charge in [-0.15, -0.1) is 0 Å². The Morgan fingerprint density at radius 1 is 1.53 bits per heavy atom. The number of ketones is 1. The first kappa shape index (κ1) is 10.2. The molecule has 0 radical (unpaired) electrons. The fraction of sp³-hybridized carbons (Fsp3) is 0.556. The number of carbonyl (C=O) groups excluding carboxylic acids is 1. The second-order valence-electron chi connectivity index (χ2n) is 3.64. The Morgan fingerprint density at radius 2 is 2.13 bits per heavy atom. The van der Waals surface area contributed by atoms with E-state index in [1.54, 1.807) is 0 Å². The highest BCUT2D eigenvalue weighted by molar-refractivity contribution is 5.92. The molecular formula is C9H9F3N2O. The van der Waals surface area contributed by atoms with Gasteiger partial charge in [-0.05, 0) is 18.9 Å². The average molecular weight is 218 g/mol. The average Bonchev–Trinajstić information content (AvgIpc) is 2.81. The molecule has 15 heavy (non-hydrogen) atoms. The highest BCUT2D eigenvalue weighted by Crippen LogP contribution is 2.37. The normalized spacial score (nSPS) is 16.8. The third-order valence-electron chi connectivity index (χ3n) is 2.28. The van der Waals surface area contributed by atoms with Gasteiger partial charge in [0.15, 0.2) is 11.5 Å². The van der Waals surface area contributed by atoms with Crippen molar-refractivity contribution in [1.29, 1.82) is 0 Å². The van der Waals surface area contributed by atoms with E-state index in [1.807, 2.05) is 0 Å². The molecule has 2 rings (SSSR count). The van der Waals surface area contributed by atoms with Gasteiger partial charge in [0.05, 0.1) is 6.04 Å². The van der Waals surface area contributed by atoms with E-state index in [-0.39, 0.29) is 17.5 Å². The van der Waals surface area contributed by atoms with Crippen LogP contribution in [0.1, 0.15) is 42.0 Å². The predicted octanol–water partition coefficient (Wildman–Crippen LogP) is 2.44. The van der Waals surface area contributed by atoms with E-state index in [2.05, 4.69) is 5.10 Å². The van der Waals surface area contributed by atoms with E-state index in [4.69, 9.17) is 0 Å². The van der Waals surface area contributed by atoms with Crippen LogP contribution in [0.5, 0.6) is 0 Å². The minimum absolute atomic E-state index is 0.0278. The Labute approximate surface area is 83.9 Å². The van der Waals surface area contributed by atoms with Gasteiger partial charge in [-0.1, -0.05) is 0 Å². The zero-order valence-electron chi connectivity index (χ0n) is 8.01. The second-order valence-corrected chi connectivity index (χ2v) is 3.64. The molecule has 0 amide bonds. The first-order chi connectivity index (χ1) is 6.89. The molecule has 1 aromatic heterocycles. The van der Waals surface area contributed by atoms with Crippen LogP contribution in [0, 0.1) is 0 Å². The van der Waals surface area contributed by atoms with Crippen LogP contribution in [-0.2, 0) is 6.18 Å². The monoisotopic (exact) mass is 218 g/mol. The number of carbonyl (C=O) groups is 1. The number of Topliss-reactive ketones (excluding diaryl/α,β-unsaturated/α-hetero) is 1.